The fraction of sp³-hybridized carbons (Fsp3) is 0.364. The predicted octanol–water partition coefficient (Wildman–Crippen LogP) is 1.56. The minimum absolute atomic E-state index is 0.162. The highest BCUT2D eigenvalue weighted by molar-refractivity contribution is 5.96. The van der Waals surface area contributed by atoms with Gasteiger partial charge in [-0.3, -0.25) is 18.7 Å². The zero-order valence-corrected chi connectivity index (χ0v) is 17.1. The van der Waals surface area contributed by atoms with Gasteiger partial charge in [-0.1, -0.05) is 18.2 Å². The Kier molecular flexibility index (Phi) is 5.39. The number of aromatic nitrogens is 3. The van der Waals surface area contributed by atoms with Crippen LogP contribution in [-0.2, 0) is 14.1 Å². The molecule has 1 aliphatic rings. The molecule has 0 radical (unpaired) electrons. The van der Waals surface area contributed by atoms with E-state index in [1.165, 1.54) is 23.9 Å². The van der Waals surface area contributed by atoms with E-state index in [0.29, 0.717) is 25.3 Å². The van der Waals surface area contributed by atoms with E-state index >= 15 is 0 Å². The second-order valence-corrected chi connectivity index (χ2v) is 7.68. The SMILES string of the molecule is Cn1c(=O)c2cc(C(=O)N3CCCC(COc4ccccc4)C3)cnc2n(C)c1=O. The summed E-state index contributed by atoms with van der Waals surface area (Å²) in [5.74, 6) is 0.899. The van der Waals surface area contributed by atoms with Gasteiger partial charge in [0.2, 0.25) is 0 Å². The molecule has 156 valence electrons. The van der Waals surface area contributed by atoms with Crippen molar-refractivity contribution in [3.05, 3.63) is 69.0 Å². The number of fused-ring (bicyclic) bond motifs is 1. The number of rotatable bonds is 4. The molecule has 3 aromatic rings. The monoisotopic (exact) mass is 408 g/mol. The lowest BCUT2D eigenvalue weighted by molar-refractivity contribution is 0.0633. The van der Waals surface area contributed by atoms with Crippen LogP contribution in [0.1, 0.15) is 23.2 Å². The molecule has 0 aliphatic carbocycles. The van der Waals surface area contributed by atoms with Crippen molar-refractivity contribution in [2.24, 2.45) is 20.0 Å². The molecular weight excluding hydrogens is 384 g/mol. The number of pyridine rings is 1. The van der Waals surface area contributed by atoms with Gasteiger partial charge >= 0.3 is 5.69 Å². The first-order valence-electron chi connectivity index (χ1n) is 9.98. The smallest absolute Gasteiger partial charge is 0.332 e. The average Bonchev–Trinajstić information content (AvgIpc) is 2.80. The first-order valence-corrected chi connectivity index (χ1v) is 9.98. The summed E-state index contributed by atoms with van der Waals surface area (Å²) >= 11 is 0. The Morgan fingerprint density at radius 3 is 2.70 bits per heavy atom. The number of benzene rings is 1. The Hall–Kier alpha value is -3.42. The number of hydrogen-bond donors (Lipinski definition) is 0. The molecule has 1 aliphatic heterocycles. The van der Waals surface area contributed by atoms with Gasteiger partial charge in [-0.15, -0.1) is 0 Å². The Morgan fingerprint density at radius 2 is 1.93 bits per heavy atom. The second kappa shape index (κ2) is 8.14. The third kappa shape index (κ3) is 3.72. The summed E-state index contributed by atoms with van der Waals surface area (Å²) in [5, 5.41) is 0.256. The zero-order chi connectivity index (χ0) is 21.3. The standard InChI is InChI=1S/C22H24N4O4/c1-24-19-18(21(28)25(2)22(24)29)11-16(12-23-19)20(27)26-10-6-7-15(13-26)14-30-17-8-4-3-5-9-17/h3-5,8-9,11-12,15H,6-7,10,13-14H2,1-2H3. The summed E-state index contributed by atoms with van der Waals surface area (Å²) in [6.45, 7) is 1.80. The molecule has 8 nitrogen and oxygen atoms in total. The number of ether oxygens (including phenoxy) is 1. The number of hydrogen-bond acceptors (Lipinski definition) is 5. The molecule has 1 aromatic carbocycles. The molecule has 1 amide bonds. The Balaban J connectivity index is 1.53. The van der Waals surface area contributed by atoms with Crippen LogP contribution in [0.4, 0.5) is 0 Å². The maximum atomic E-state index is 13.1. The first-order chi connectivity index (χ1) is 14.5. The molecule has 0 bridgehead atoms. The van der Waals surface area contributed by atoms with Crippen molar-refractivity contribution >= 4 is 16.9 Å². The van der Waals surface area contributed by atoms with Gasteiger partial charge in [-0.05, 0) is 31.0 Å². The topological polar surface area (TPSA) is 86.4 Å². The van der Waals surface area contributed by atoms with Crippen molar-refractivity contribution in [3.8, 4) is 5.75 Å². The van der Waals surface area contributed by atoms with Crippen molar-refractivity contribution in [2.75, 3.05) is 19.7 Å². The Morgan fingerprint density at radius 1 is 1.17 bits per heavy atom. The highest BCUT2D eigenvalue weighted by Gasteiger charge is 2.26. The van der Waals surface area contributed by atoms with Crippen molar-refractivity contribution in [1.29, 1.82) is 0 Å². The summed E-state index contributed by atoms with van der Waals surface area (Å²) in [4.78, 5) is 43.7. The largest absolute Gasteiger partial charge is 0.493 e. The minimum atomic E-state index is -0.456. The lowest BCUT2D eigenvalue weighted by atomic mass is 9.98. The maximum Gasteiger partial charge on any atom is 0.332 e. The molecule has 2 aromatic heterocycles. The van der Waals surface area contributed by atoms with Crippen LogP contribution < -0.4 is 16.0 Å². The van der Waals surface area contributed by atoms with E-state index in [-0.39, 0.29) is 22.9 Å². The highest BCUT2D eigenvalue weighted by Crippen LogP contribution is 2.21. The molecule has 30 heavy (non-hydrogen) atoms. The van der Waals surface area contributed by atoms with Crippen LogP contribution in [-0.4, -0.2) is 44.6 Å². The molecule has 8 heteroatoms. The van der Waals surface area contributed by atoms with Crippen LogP contribution in [0, 0.1) is 5.92 Å². The van der Waals surface area contributed by atoms with Crippen molar-refractivity contribution < 1.29 is 9.53 Å². The summed E-state index contributed by atoms with van der Waals surface area (Å²) in [5.41, 5.74) is -0.283. The van der Waals surface area contributed by atoms with Crippen LogP contribution in [0.25, 0.3) is 11.0 Å². The first kappa shape index (κ1) is 19.9. The Bertz CT molecular complexity index is 1200. The van der Waals surface area contributed by atoms with E-state index in [4.69, 9.17) is 4.74 Å². The molecule has 1 fully saturated rings. The van der Waals surface area contributed by atoms with E-state index in [0.717, 1.165) is 23.2 Å². The Labute approximate surface area is 173 Å². The number of carbonyl (C=O) groups excluding carboxylic acids is 1. The third-order valence-corrected chi connectivity index (χ3v) is 5.58. The van der Waals surface area contributed by atoms with Crippen LogP contribution in [0.2, 0.25) is 0 Å². The zero-order valence-electron chi connectivity index (χ0n) is 17.1. The number of nitrogens with zero attached hydrogens (tertiary/aromatic N) is 4. The number of piperidine rings is 1. The van der Waals surface area contributed by atoms with Gasteiger partial charge in [0.15, 0.2) is 0 Å². The van der Waals surface area contributed by atoms with Gasteiger partial charge in [0.1, 0.15) is 11.4 Å². The number of carbonyl (C=O) groups is 1. The summed E-state index contributed by atoms with van der Waals surface area (Å²) < 4.78 is 8.20. The van der Waals surface area contributed by atoms with E-state index in [9.17, 15) is 14.4 Å². The van der Waals surface area contributed by atoms with Crippen molar-refractivity contribution in [1.82, 2.24) is 19.0 Å². The molecule has 0 saturated carbocycles. The quantitative estimate of drug-likeness (QED) is 0.654. The molecule has 1 unspecified atom stereocenters. The van der Waals surface area contributed by atoms with E-state index in [1.54, 1.807) is 11.9 Å². The van der Waals surface area contributed by atoms with Crippen LogP contribution in [0.5, 0.6) is 5.75 Å². The summed E-state index contributed by atoms with van der Waals surface area (Å²) in [6, 6.07) is 11.2. The van der Waals surface area contributed by atoms with Gasteiger partial charge < -0.3 is 9.64 Å². The fourth-order valence-corrected chi connectivity index (χ4v) is 3.88. The summed E-state index contributed by atoms with van der Waals surface area (Å²) in [7, 11) is 2.97. The van der Waals surface area contributed by atoms with Crippen molar-refractivity contribution in [2.45, 2.75) is 12.8 Å². The average molecular weight is 408 g/mol. The lowest BCUT2D eigenvalue weighted by Gasteiger charge is -2.32. The van der Waals surface area contributed by atoms with Crippen molar-refractivity contribution in [3.63, 3.8) is 0 Å². The molecular formula is C22H24N4O4. The summed E-state index contributed by atoms with van der Waals surface area (Å²) in [6.07, 6.45) is 3.33. The maximum absolute atomic E-state index is 13.1. The third-order valence-electron chi connectivity index (χ3n) is 5.58. The molecule has 3 heterocycles. The van der Waals surface area contributed by atoms with Gasteiger partial charge in [-0.25, -0.2) is 9.78 Å². The number of para-hydroxylation sites is 1. The number of amides is 1. The lowest BCUT2D eigenvalue weighted by Crippen LogP contribution is -2.42. The molecule has 0 N–H and O–H groups in total. The fourth-order valence-electron chi connectivity index (χ4n) is 3.88. The minimum Gasteiger partial charge on any atom is -0.493 e. The molecule has 4 rings (SSSR count). The van der Waals surface area contributed by atoms with Gasteiger partial charge in [0, 0.05) is 39.3 Å². The van der Waals surface area contributed by atoms with Crippen LogP contribution >= 0.6 is 0 Å². The van der Waals surface area contributed by atoms with Crippen LogP contribution in [0.15, 0.2) is 52.2 Å². The van der Waals surface area contributed by atoms with Crippen LogP contribution in [0.3, 0.4) is 0 Å². The van der Waals surface area contributed by atoms with Gasteiger partial charge in [0.05, 0.1) is 17.6 Å². The molecule has 0 spiro atoms. The number of aryl methyl sites for hydroxylation is 1. The predicted molar refractivity (Wildman–Crippen MR) is 113 cm³/mol. The molecule has 1 saturated heterocycles. The highest BCUT2D eigenvalue weighted by atomic mass is 16.5. The molecule has 1 atom stereocenters. The number of likely N-dealkylation sites (tertiary alicyclic amines) is 1. The van der Waals surface area contributed by atoms with Gasteiger partial charge in [0.25, 0.3) is 11.5 Å². The van der Waals surface area contributed by atoms with E-state index in [2.05, 4.69) is 4.98 Å². The normalized spacial score (nSPS) is 16.6. The van der Waals surface area contributed by atoms with E-state index in [1.807, 2.05) is 30.3 Å². The van der Waals surface area contributed by atoms with Gasteiger partial charge in [-0.2, -0.15) is 0 Å². The second-order valence-electron chi connectivity index (χ2n) is 7.68. The van der Waals surface area contributed by atoms with E-state index < -0.39 is 11.2 Å².